The molecule has 0 heterocycles. The van der Waals surface area contributed by atoms with Gasteiger partial charge in [0.2, 0.25) is 0 Å². The van der Waals surface area contributed by atoms with E-state index in [-0.39, 0.29) is 17.0 Å². The third kappa shape index (κ3) is 2.88. The first-order valence-corrected chi connectivity index (χ1v) is 5.53. The number of nitrogens with one attached hydrogen (secondary N) is 1. The zero-order valence-electron chi connectivity index (χ0n) is 10.1. The van der Waals surface area contributed by atoms with Crippen molar-refractivity contribution in [2.45, 2.75) is 6.92 Å². The SMILES string of the molecule is Cc1ccc(NC(=O)c2ccc(O)cc2F)c(F)c1. The third-order valence-electron chi connectivity index (χ3n) is 2.57. The van der Waals surface area contributed by atoms with Gasteiger partial charge in [0.15, 0.2) is 0 Å². The van der Waals surface area contributed by atoms with Crippen LogP contribution in [0.4, 0.5) is 14.5 Å². The van der Waals surface area contributed by atoms with E-state index in [1.54, 1.807) is 13.0 Å². The summed E-state index contributed by atoms with van der Waals surface area (Å²) < 4.78 is 27.0. The normalized spacial score (nSPS) is 10.3. The van der Waals surface area contributed by atoms with Crippen LogP contribution in [0.25, 0.3) is 0 Å². The zero-order valence-corrected chi connectivity index (χ0v) is 10.1. The summed E-state index contributed by atoms with van der Waals surface area (Å²) in [5, 5.41) is 11.3. The van der Waals surface area contributed by atoms with E-state index < -0.39 is 17.5 Å². The number of halogens is 2. The van der Waals surface area contributed by atoms with Crippen molar-refractivity contribution >= 4 is 11.6 Å². The minimum absolute atomic E-state index is 0.0249. The first-order chi connectivity index (χ1) is 8.97. The highest BCUT2D eigenvalue weighted by Gasteiger charge is 2.14. The number of aryl methyl sites for hydroxylation is 1. The van der Waals surface area contributed by atoms with Gasteiger partial charge in [-0.05, 0) is 36.8 Å². The average Bonchev–Trinajstić information content (AvgIpc) is 2.32. The molecule has 0 fully saturated rings. The molecule has 2 N–H and O–H groups in total. The molecule has 0 aliphatic rings. The number of hydrogen-bond acceptors (Lipinski definition) is 2. The van der Waals surface area contributed by atoms with Crippen molar-refractivity contribution in [3.05, 3.63) is 59.2 Å². The molecule has 1 amide bonds. The Labute approximate surface area is 108 Å². The van der Waals surface area contributed by atoms with Gasteiger partial charge >= 0.3 is 0 Å². The lowest BCUT2D eigenvalue weighted by atomic mass is 10.1. The van der Waals surface area contributed by atoms with Gasteiger partial charge in [0.05, 0.1) is 11.3 Å². The molecule has 0 unspecified atom stereocenters. The molecule has 0 aromatic heterocycles. The van der Waals surface area contributed by atoms with E-state index >= 15 is 0 Å². The van der Waals surface area contributed by atoms with Crippen molar-refractivity contribution < 1.29 is 18.7 Å². The van der Waals surface area contributed by atoms with E-state index in [4.69, 9.17) is 5.11 Å². The topological polar surface area (TPSA) is 49.3 Å². The van der Waals surface area contributed by atoms with E-state index in [0.29, 0.717) is 5.56 Å². The van der Waals surface area contributed by atoms with Gasteiger partial charge in [-0.25, -0.2) is 8.78 Å². The highest BCUT2D eigenvalue weighted by molar-refractivity contribution is 6.04. The highest BCUT2D eigenvalue weighted by atomic mass is 19.1. The molecule has 2 aromatic carbocycles. The number of hydrogen-bond donors (Lipinski definition) is 2. The van der Waals surface area contributed by atoms with Gasteiger partial charge in [0, 0.05) is 6.07 Å². The molecule has 98 valence electrons. The van der Waals surface area contributed by atoms with Gasteiger partial charge < -0.3 is 10.4 Å². The largest absolute Gasteiger partial charge is 0.508 e. The van der Waals surface area contributed by atoms with Gasteiger partial charge in [-0.15, -0.1) is 0 Å². The smallest absolute Gasteiger partial charge is 0.258 e. The third-order valence-corrected chi connectivity index (χ3v) is 2.57. The number of carbonyl (C=O) groups is 1. The van der Waals surface area contributed by atoms with Gasteiger partial charge in [-0.1, -0.05) is 6.07 Å². The molecule has 2 rings (SSSR count). The Morgan fingerprint density at radius 3 is 2.47 bits per heavy atom. The second-order valence-corrected chi connectivity index (χ2v) is 4.10. The Morgan fingerprint density at radius 2 is 1.84 bits per heavy atom. The van der Waals surface area contributed by atoms with Crippen LogP contribution in [-0.4, -0.2) is 11.0 Å². The molecule has 0 spiro atoms. The van der Waals surface area contributed by atoms with Crippen LogP contribution in [0, 0.1) is 18.6 Å². The summed E-state index contributed by atoms with van der Waals surface area (Å²) >= 11 is 0. The minimum atomic E-state index is -0.870. The van der Waals surface area contributed by atoms with Crippen molar-refractivity contribution in [3.8, 4) is 5.75 Å². The van der Waals surface area contributed by atoms with Gasteiger partial charge in [-0.3, -0.25) is 4.79 Å². The molecule has 0 bridgehead atoms. The Bertz CT molecular complexity index is 641. The summed E-state index contributed by atoms with van der Waals surface area (Å²) in [4.78, 5) is 11.8. The zero-order chi connectivity index (χ0) is 14.0. The summed E-state index contributed by atoms with van der Waals surface area (Å²) in [5.74, 6) is -2.52. The average molecular weight is 263 g/mol. The maximum atomic E-state index is 13.5. The molecule has 0 radical (unpaired) electrons. The predicted octanol–water partition coefficient (Wildman–Crippen LogP) is 3.23. The molecule has 5 heteroatoms. The summed E-state index contributed by atoms with van der Waals surface area (Å²) in [5.41, 5.74) is 0.423. The second kappa shape index (κ2) is 5.06. The number of phenols is 1. The lowest BCUT2D eigenvalue weighted by Gasteiger charge is -2.08. The number of phenolic OH excluding ortho intramolecular Hbond substituents is 1. The van der Waals surface area contributed by atoms with Crippen LogP contribution in [-0.2, 0) is 0 Å². The van der Waals surface area contributed by atoms with Gasteiger partial charge in [-0.2, -0.15) is 0 Å². The molecular weight excluding hydrogens is 252 g/mol. The highest BCUT2D eigenvalue weighted by Crippen LogP contribution is 2.19. The molecular formula is C14H11F2NO2. The predicted molar refractivity (Wildman–Crippen MR) is 67.2 cm³/mol. The number of benzene rings is 2. The van der Waals surface area contributed by atoms with Crippen LogP contribution in [0.2, 0.25) is 0 Å². The van der Waals surface area contributed by atoms with E-state index in [9.17, 15) is 13.6 Å². The summed E-state index contributed by atoms with van der Waals surface area (Å²) in [6.45, 7) is 1.72. The Balaban J connectivity index is 2.25. The fourth-order valence-electron chi connectivity index (χ4n) is 1.60. The molecule has 19 heavy (non-hydrogen) atoms. The van der Waals surface area contributed by atoms with E-state index in [1.165, 1.54) is 18.2 Å². The van der Waals surface area contributed by atoms with Crippen molar-refractivity contribution in [3.63, 3.8) is 0 Å². The number of amides is 1. The minimum Gasteiger partial charge on any atom is -0.508 e. The maximum Gasteiger partial charge on any atom is 0.258 e. The number of aromatic hydroxyl groups is 1. The van der Waals surface area contributed by atoms with E-state index in [1.807, 2.05) is 0 Å². The monoisotopic (exact) mass is 263 g/mol. The van der Waals surface area contributed by atoms with Crippen molar-refractivity contribution in [1.82, 2.24) is 0 Å². The molecule has 0 aliphatic carbocycles. The van der Waals surface area contributed by atoms with Crippen LogP contribution in [0.15, 0.2) is 36.4 Å². The summed E-state index contributed by atoms with van der Waals surface area (Å²) in [7, 11) is 0. The number of carbonyl (C=O) groups excluding carboxylic acids is 1. The van der Waals surface area contributed by atoms with Crippen LogP contribution < -0.4 is 5.32 Å². The standard InChI is InChI=1S/C14H11F2NO2/c1-8-2-5-13(12(16)6-8)17-14(19)10-4-3-9(18)7-11(10)15/h2-7,18H,1H3,(H,17,19). The van der Waals surface area contributed by atoms with Crippen LogP contribution >= 0.6 is 0 Å². The molecule has 0 aliphatic heterocycles. The van der Waals surface area contributed by atoms with E-state index in [0.717, 1.165) is 12.1 Å². The molecule has 2 aromatic rings. The Kier molecular flexibility index (Phi) is 3.46. The fraction of sp³-hybridized carbons (Fsp3) is 0.0714. The molecule has 3 nitrogen and oxygen atoms in total. The number of rotatable bonds is 2. The first kappa shape index (κ1) is 13.0. The van der Waals surface area contributed by atoms with Gasteiger partial charge in [0.25, 0.3) is 5.91 Å². The van der Waals surface area contributed by atoms with Crippen molar-refractivity contribution in [1.29, 1.82) is 0 Å². The van der Waals surface area contributed by atoms with Crippen molar-refractivity contribution in [2.24, 2.45) is 0 Å². The van der Waals surface area contributed by atoms with Crippen molar-refractivity contribution in [2.75, 3.05) is 5.32 Å². The molecule has 0 saturated carbocycles. The Hall–Kier alpha value is -2.43. The summed E-state index contributed by atoms with van der Waals surface area (Å²) in [6, 6.07) is 7.44. The van der Waals surface area contributed by atoms with Crippen LogP contribution in [0.3, 0.4) is 0 Å². The quantitative estimate of drug-likeness (QED) is 0.873. The maximum absolute atomic E-state index is 13.5. The Morgan fingerprint density at radius 1 is 1.11 bits per heavy atom. The second-order valence-electron chi connectivity index (χ2n) is 4.10. The molecule has 0 atom stereocenters. The summed E-state index contributed by atoms with van der Waals surface area (Å²) in [6.07, 6.45) is 0. The fourth-order valence-corrected chi connectivity index (χ4v) is 1.60. The molecule has 0 saturated heterocycles. The van der Waals surface area contributed by atoms with Gasteiger partial charge in [0.1, 0.15) is 17.4 Å². The van der Waals surface area contributed by atoms with Crippen LogP contribution in [0.1, 0.15) is 15.9 Å². The van der Waals surface area contributed by atoms with E-state index in [2.05, 4.69) is 5.32 Å². The lowest BCUT2D eigenvalue weighted by Crippen LogP contribution is -2.14. The lowest BCUT2D eigenvalue weighted by molar-refractivity contribution is 0.102. The van der Waals surface area contributed by atoms with Crippen LogP contribution in [0.5, 0.6) is 5.75 Å². The first-order valence-electron chi connectivity index (χ1n) is 5.53. The number of anilines is 1.